The van der Waals surface area contributed by atoms with Crippen LogP contribution >= 0.6 is 11.8 Å². The van der Waals surface area contributed by atoms with E-state index in [9.17, 15) is 14.3 Å². The van der Waals surface area contributed by atoms with Gasteiger partial charge in [0, 0.05) is 18.9 Å². The van der Waals surface area contributed by atoms with E-state index in [1.807, 2.05) is 0 Å². The lowest BCUT2D eigenvalue weighted by atomic mass is 10.2. The van der Waals surface area contributed by atoms with E-state index in [4.69, 9.17) is 5.11 Å². The van der Waals surface area contributed by atoms with E-state index in [1.54, 1.807) is 11.8 Å². The van der Waals surface area contributed by atoms with Crippen molar-refractivity contribution in [2.75, 3.05) is 24.7 Å². The molecule has 0 aliphatic heterocycles. The van der Waals surface area contributed by atoms with Crippen LogP contribution in [0.15, 0.2) is 18.2 Å². The van der Waals surface area contributed by atoms with Gasteiger partial charge in [0.15, 0.2) is 0 Å². The molecule has 0 saturated heterocycles. The van der Waals surface area contributed by atoms with Crippen LogP contribution in [-0.4, -0.2) is 40.8 Å². The number of amides is 1. The number of hydrogen-bond acceptors (Lipinski definition) is 4. The summed E-state index contributed by atoms with van der Waals surface area (Å²) in [5.41, 5.74) is -0.321. The number of aromatic hydroxyl groups is 1. The number of thioether (sulfide) groups is 1. The molecule has 0 aliphatic rings. The minimum Gasteiger partial charge on any atom is -0.507 e. The highest BCUT2D eigenvalue weighted by Crippen LogP contribution is 2.19. The van der Waals surface area contributed by atoms with Crippen LogP contribution < -0.4 is 5.32 Å². The molecule has 0 atom stereocenters. The summed E-state index contributed by atoms with van der Waals surface area (Å²) in [6, 6.07) is 3.74. The van der Waals surface area contributed by atoms with Crippen LogP contribution in [0.3, 0.4) is 0 Å². The first kappa shape index (κ1) is 14.8. The van der Waals surface area contributed by atoms with Gasteiger partial charge in [-0.1, -0.05) is 6.07 Å². The fraction of sp³-hybridized carbons (Fsp3) is 0.417. The zero-order valence-corrected chi connectivity index (χ0v) is 10.7. The first-order chi connectivity index (χ1) is 8.66. The molecule has 0 saturated carbocycles. The Bertz CT molecular complexity index is 381. The van der Waals surface area contributed by atoms with Crippen LogP contribution in [0.1, 0.15) is 16.8 Å². The van der Waals surface area contributed by atoms with Gasteiger partial charge >= 0.3 is 0 Å². The summed E-state index contributed by atoms with van der Waals surface area (Å²) in [5.74, 6) is -0.215. The van der Waals surface area contributed by atoms with Gasteiger partial charge in [0.25, 0.3) is 5.91 Å². The summed E-state index contributed by atoms with van der Waals surface area (Å²) in [6.45, 7) is 0.547. The lowest BCUT2D eigenvalue weighted by molar-refractivity contribution is 0.0949. The quantitative estimate of drug-likeness (QED) is 0.656. The lowest BCUT2D eigenvalue weighted by Crippen LogP contribution is -2.26. The van der Waals surface area contributed by atoms with Crippen molar-refractivity contribution in [2.45, 2.75) is 6.42 Å². The molecule has 0 bridgehead atoms. The van der Waals surface area contributed by atoms with Gasteiger partial charge in [-0.05, 0) is 24.3 Å². The molecule has 0 aliphatic carbocycles. The van der Waals surface area contributed by atoms with Gasteiger partial charge in [-0.2, -0.15) is 11.8 Å². The average Bonchev–Trinajstić information content (AvgIpc) is 2.33. The number of halogens is 1. The van der Waals surface area contributed by atoms with Crippen LogP contribution in [0.4, 0.5) is 4.39 Å². The highest BCUT2D eigenvalue weighted by Gasteiger charge is 2.15. The second-order valence-electron chi connectivity index (χ2n) is 3.58. The maximum absolute atomic E-state index is 13.3. The normalized spacial score (nSPS) is 10.3. The molecule has 0 fully saturated rings. The number of phenols is 1. The minimum atomic E-state index is -0.736. The van der Waals surface area contributed by atoms with E-state index in [1.165, 1.54) is 12.1 Å². The van der Waals surface area contributed by atoms with Gasteiger partial charge in [-0.3, -0.25) is 4.79 Å². The van der Waals surface area contributed by atoms with Gasteiger partial charge in [-0.25, -0.2) is 4.39 Å². The largest absolute Gasteiger partial charge is 0.507 e. The minimum absolute atomic E-state index is 0.155. The molecule has 18 heavy (non-hydrogen) atoms. The number of benzene rings is 1. The maximum Gasteiger partial charge on any atom is 0.258 e. The van der Waals surface area contributed by atoms with E-state index < -0.39 is 11.7 Å². The van der Waals surface area contributed by atoms with Crippen LogP contribution in [-0.2, 0) is 0 Å². The summed E-state index contributed by atoms with van der Waals surface area (Å²) in [7, 11) is 0. The Labute approximate surface area is 109 Å². The van der Waals surface area contributed by atoms with Gasteiger partial charge < -0.3 is 15.5 Å². The molecule has 3 N–H and O–H groups in total. The Morgan fingerprint density at radius 2 is 2.17 bits per heavy atom. The third kappa shape index (κ3) is 4.54. The zero-order chi connectivity index (χ0) is 13.4. The predicted octanol–water partition coefficient (Wildman–Crippen LogP) is 1.38. The Kier molecular flexibility index (Phi) is 6.53. The van der Waals surface area contributed by atoms with Crippen molar-refractivity contribution in [3.63, 3.8) is 0 Å². The number of aliphatic hydroxyl groups excluding tert-OH is 1. The van der Waals surface area contributed by atoms with Gasteiger partial charge in [0.1, 0.15) is 17.1 Å². The van der Waals surface area contributed by atoms with E-state index in [-0.39, 0.29) is 17.9 Å². The topological polar surface area (TPSA) is 69.6 Å². The van der Waals surface area contributed by atoms with Crippen LogP contribution in [0, 0.1) is 5.82 Å². The first-order valence-corrected chi connectivity index (χ1v) is 6.76. The van der Waals surface area contributed by atoms with Crippen molar-refractivity contribution in [2.24, 2.45) is 0 Å². The van der Waals surface area contributed by atoms with Gasteiger partial charge in [0.2, 0.25) is 0 Å². The predicted molar refractivity (Wildman–Crippen MR) is 69.4 cm³/mol. The van der Waals surface area contributed by atoms with E-state index in [2.05, 4.69) is 5.32 Å². The van der Waals surface area contributed by atoms with Gasteiger partial charge in [0.05, 0.1) is 0 Å². The highest BCUT2D eigenvalue weighted by atomic mass is 32.2. The second-order valence-corrected chi connectivity index (χ2v) is 4.80. The number of nitrogens with one attached hydrogen (secondary N) is 1. The van der Waals surface area contributed by atoms with Crippen LogP contribution in [0.2, 0.25) is 0 Å². The Morgan fingerprint density at radius 3 is 2.83 bits per heavy atom. The Hall–Kier alpha value is -1.27. The summed E-state index contributed by atoms with van der Waals surface area (Å²) in [6.07, 6.45) is 0.715. The van der Waals surface area contributed by atoms with Crippen molar-refractivity contribution in [3.8, 4) is 5.75 Å². The van der Waals surface area contributed by atoms with Crippen LogP contribution in [0.25, 0.3) is 0 Å². The third-order valence-corrected chi connectivity index (χ3v) is 3.27. The number of carbonyl (C=O) groups excluding carboxylic acids is 1. The molecular formula is C12H16FNO3S. The highest BCUT2D eigenvalue weighted by molar-refractivity contribution is 7.99. The van der Waals surface area contributed by atoms with E-state index in [0.717, 1.165) is 11.8 Å². The molecule has 1 rings (SSSR count). The number of phenolic OH excluding ortho intramolecular Hbond substituents is 1. The van der Waals surface area contributed by atoms with Crippen molar-refractivity contribution < 1.29 is 19.4 Å². The molecule has 0 spiro atoms. The zero-order valence-electron chi connectivity index (χ0n) is 9.86. The smallest absolute Gasteiger partial charge is 0.258 e. The molecule has 0 unspecified atom stereocenters. The summed E-state index contributed by atoms with van der Waals surface area (Å²) < 4.78 is 13.3. The summed E-state index contributed by atoms with van der Waals surface area (Å²) in [5, 5.41) is 20.5. The molecule has 0 aromatic heterocycles. The lowest BCUT2D eigenvalue weighted by Gasteiger charge is -2.07. The number of hydrogen-bond donors (Lipinski definition) is 3. The maximum atomic E-state index is 13.3. The van der Waals surface area contributed by atoms with Crippen LogP contribution in [0.5, 0.6) is 5.75 Å². The summed E-state index contributed by atoms with van der Waals surface area (Å²) >= 11 is 1.59. The first-order valence-electron chi connectivity index (χ1n) is 5.61. The molecule has 4 nitrogen and oxygen atoms in total. The molecule has 6 heteroatoms. The molecule has 1 aromatic rings. The van der Waals surface area contributed by atoms with Crippen molar-refractivity contribution in [1.29, 1.82) is 0 Å². The van der Waals surface area contributed by atoms with E-state index in [0.29, 0.717) is 18.7 Å². The fourth-order valence-electron chi connectivity index (χ4n) is 1.33. The molecule has 1 aromatic carbocycles. The van der Waals surface area contributed by atoms with E-state index >= 15 is 0 Å². The molecule has 0 radical (unpaired) electrons. The Morgan fingerprint density at radius 1 is 1.39 bits per heavy atom. The number of aliphatic hydroxyl groups is 1. The van der Waals surface area contributed by atoms with Crippen molar-refractivity contribution in [1.82, 2.24) is 5.32 Å². The van der Waals surface area contributed by atoms with Crippen molar-refractivity contribution in [3.05, 3.63) is 29.6 Å². The summed E-state index contributed by atoms with van der Waals surface area (Å²) in [4.78, 5) is 11.6. The Balaban J connectivity index is 2.37. The fourth-order valence-corrected chi connectivity index (χ4v) is 2.12. The monoisotopic (exact) mass is 273 g/mol. The van der Waals surface area contributed by atoms with Gasteiger partial charge in [-0.15, -0.1) is 0 Å². The molecular weight excluding hydrogens is 257 g/mol. The standard InChI is InChI=1S/C12H16FNO3S/c13-9-3-1-4-10(16)11(9)12(17)14-5-8-18-7-2-6-15/h1,3-4,15-16H,2,5-8H2,(H,14,17). The molecule has 0 heterocycles. The molecule has 1 amide bonds. The number of carbonyl (C=O) groups is 1. The van der Waals surface area contributed by atoms with Crippen molar-refractivity contribution >= 4 is 17.7 Å². The average molecular weight is 273 g/mol. The third-order valence-electron chi connectivity index (χ3n) is 2.20. The molecule has 100 valence electrons. The number of rotatable bonds is 7. The second kappa shape index (κ2) is 7.94. The SMILES string of the molecule is O=C(NCCSCCCO)c1c(O)cccc1F.